The van der Waals surface area contributed by atoms with Crippen LogP contribution in [0, 0.1) is 0 Å². The summed E-state index contributed by atoms with van der Waals surface area (Å²) in [5.41, 5.74) is 2.94. The van der Waals surface area contributed by atoms with Gasteiger partial charge in [-0.05, 0) is 50.8 Å². The Morgan fingerprint density at radius 1 is 1.20 bits per heavy atom. The van der Waals surface area contributed by atoms with Crippen LogP contribution in [0.25, 0.3) is 0 Å². The molecule has 0 aromatic heterocycles. The van der Waals surface area contributed by atoms with Crippen molar-refractivity contribution in [2.75, 3.05) is 31.6 Å². The van der Waals surface area contributed by atoms with Gasteiger partial charge in [0.05, 0.1) is 12.2 Å². The standard InChI is InChI=1S/C17H26N2O/c1-18-12-15-9-10-16(20-15)13-19-11-5-4-7-14-6-2-3-8-17(14)19/h2-3,6,8,15-16,18H,4-5,7,9-13H2,1H3. The van der Waals surface area contributed by atoms with Crippen LogP contribution in [0.5, 0.6) is 0 Å². The normalized spacial score (nSPS) is 26.4. The third-order valence-electron chi connectivity index (χ3n) is 4.51. The predicted octanol–water partition coefficient (Wildman–Crippen LogP) is 2.60. The molecule has 1 saturated heterocycles. The molecule has 1 N–H and O–H groups in total. The van der Waals surface area contributed by atoms with Gasteiger partial charge in [0.1, 0.15) is 0 Å². The van der Waals surface area contributed by atoms with Gasteiger partial charge in [0, 0.05) is 25.3 Å². The largest absolute Gasteiger partial charge is 0.372 e. The molecule has 1 aromatic carbocycles. The second-order valence-electron chi connectivity index (χ2n) is 6.05. The fourth-order valence-corrected chi connectivity index (χ4v) is 3.50. The molecule has 3 nitrogen and oxygen atoms in total. The number of rotatable bonds is 4. The fourth-order valence-electron chi connectivity index (χ4n) is 3.50. The maximum atomic E-state index is 6.16. The lowest BCUT2D eigenvalue weighted by Gasteiger charge is -2.28. The summed E-state index contributed by atoms with van der Waals surface area (Å²) in [5, 5.41) is 3.22. The first-order chi connectivity index (χ1) is 9.86. The molecule has 2 heterocycles. The van der Waals surface area contributed by atoms with Crippen LogP contribution in [0.3, 0.4) is 0 Å². The van der Waals surface area contributed by atoms with Crippen LogP contribution in [-0.4, -0.2) is 38.9 Å². The Hall–Kier alpha value is -1.06. The van der Waals surface area contributed by atoms with Gasteiger partial charge in [0.2, 0.25) is 0 Å². The molecular formula is C17H26N2O. The van der Waals surface area contributed by atoms with Crippen molar-refractivity contribution in [1.29, 1.82) is 0 Å². The Bertz CT molecular complexity index is 435. The van der Waals surface area contributed by atoms with Crippen molar-refractivity contribution >= 4 is 5.69 Å². The Kier molecular flexibility index (Phi) is 4.58. The van der Waals surface area contributed by atoms with E-state index in [1.54, 1.807) is 0 Å². The Morgan fingerprint density at radius 2 is 2.05 bits per heavy atom. The zero-order valence-electron chi connectivity index (χ0n) is 12.5. The molecule has 0 spiro atoms. The van der Waals surface area contributed by atoms with Gasteiger partial charge in [-0.25, -0.2) is 0 Å². The molecule has 2 aliphatic heterocycles. The Morgan fingerprint density at radius 3 is 2.95 bits per heavy atom. The number of aryl methyl sites for hydroxylation is 1. The lowest BCUT2D eigenvalue weighted by molar-refractivity contribution is 0.0505. The van der Waals surface area contributed by atoms with Crippen LogP contribution < -0.4 is 10.2 Å². The molecule has 0 radical (unpaired) electrons. The van der Waals surface area contributed by atoms with Gasteiger partial charge in [-0.2, -0.15) is 0 Å². The first-order valence-corrected chi connectivity index (χ1v) is 7.99. The van der Waals surface area contributed by atoms with Crippen molar-refractivity contribution in [1.82, 2.24) is 5.32 Å². The molecule has 2 unspecified atom stereocenters. The number of nitrogens with one attached hydrogen (secondary N) is 1. The summed E-state index contributed by atoms with van der Waals surface area (Å²) in [4.78, 5) is 2.55. The molecule has 0 bridgehead atoms. The van der Waals surface area contributed by atoms with Crippen molar-refractivity contribution in [2.45, 2.75) is 44.3 Å². The molecule has 110 valence electrons. The highest BCUT2D eigenvalue weighted by molar-refractivity contribution is 5.54. The van der Waals surface area contributed by atoms with Gasteiger partial charge in [-0.1, -0.05) is 18.2 Å². The Labute approximate surface area is 122 Å². The van der Waals surface area contributed by atoms with E-state index in [-0.39, 0.29) is 0 Å². The number of hydrogen-bond donors (Lipinski definition) is 1. The van der Waals surface area contributed by atoms with Crippen molar-refractivity contribution in [3.8, 4) is 0 Å². The van der Waals surface area contributed by atoms with E-state index in [9.17, 15) is 0 Å². The maximum Gasteiger partial charge on any atom is 0.0755 e. The fraction of sp³-hybridized carbons (Fsp3) is 0.647. The third-order valence-corrected chi connectivity index (χ3v) is 4.51. The molecule has 2 aliphatic rings. The first-order valence-electron chi connectivity index (χ1n) is 7.99. The first kappa shape index (κ1) is 13.9. The SMILES string of the molecule is CNCC1CCC(CN2CCCCc3ccccc32)O1. The predicted molar refractivity (Wildman–Crippen MR) is 83.4 cm³/mol. The third kappa shape index (κ3) is 3.15. The molecule has 1 aromatic rings. The van der Waals surface area contributed by atoms with E-state index < -0.39 is 0 Å². The summed E-state index contributed by atoms with van der Waals surface area (Å²) in [6.45, 7) is 3.21. The van der Waals surface area contributed by atoms with E-state index in [0.717, 1.165) is 13.1 Å². The van der Waals surface area contributed by atoms with E-state index in [2.05, 4.69) is 34.5 Å². The van der Waals surface area contributed by atoms with E-state index in [0.29, 0.717) is 12.2 Å². The van der Waals surface area contributed by atoms with E-state index >= 15 is 0 Å². The highest BCUT2D eigenvalue weighted by Gasteiger charge is 2.27. The molecule has 0 amide bonds. The van der Waals surface area contributed by atoms with Crippen molar-refractivity contribution in [2.24, 2.45) is 0 Å². The number of hydrogen-bond acceptors (Lipinski definition) is 3. The quantitative estimate of drug-likeness (QED) is 0.913. The highest BCUT2D eigenvalue weighted by atomic mass is 16.5. The minimum absolute atomic E-state index is 0.402. The number of para-hydroxylation sites is 1. The minimum Gasteiger partial charge on any atom is -0.372 e. The van der Waals surface area contributed by atoms with Gasteiger partial charge in [0.25, 0.3) is 0 Å². The number of ether oxygens (including phenoxy) is 1. The Balaban J connectivity index is 1.65. The van der Waals surface area contributed by atoms with E-state index in [1.165, 1.54) is 49.9 Å². The second-order valence-corrected chi connectivity index (χ2v) is 6.05. The smallest absolute Gasteiger partial charge is 0.0755 e. The lowest BCUT2D eigenvalue weighted by atomic mass is 10.1. The van der Waals surface area contributed by atoms with Gasteiger partial charge in [-0.3, -0.25) is 0 Å². The molecule has 1 fully saturated rings. The second kappa shape index (κ2) is 6.59. The van der Waals surface area contributed by atoms with Crippen LogP contribution in [0.4, 0.5) is 5.69 Å². The van der Waals surface area contributed by atoms with Gasteiger partial charge < -0.3 is 15.0 Å². The van der Waals surface area contributed by atoms with Crippen LogP contribution >= 0.6 is 0 Å². The zero-order chi connectivity index (χ0) is 13.8. The van der Waals surface area contributed by atoms with Gasteiger partial charge in [-0.15, -0.1) is 0 Å². The summed E-state index contributed by atoms with van der Waals surface area (Å²) in [6.07, 6.45) is 7.03. The van der Waals surface area contributed by atoms with E-state index in [4.69, 9.17) is 4.74 Å². The summed E-state index contributed by atoms with van der Waals surface area (Å²) in [6, 6.07) is 8.89. The minimum atomic E-state index is 0.402. The number of nitrogens with zero attached hydrogens (tertiary/aromatic N) is 1. The summed E-state index contributed by atoms with van der Waals surface area (Å²) in [5.74, 6) is 0. The van der Waals surface area contributed by atoms with Crippen molar-refractivity contribution in [3.05, 3.63) is 29.8 Å². The topological polar surface area (TPSA) is 24.5 Å². The average molecular weight is 274 g/mol. The molecule has 0 aliphatic carbocycles. The molecule has 20 heavy (non-hydrogen) atoms. The lowest BCUT2D eigenvalue weighted by Crippen LogP contribution is -2.34. The van der Waals surface area contributed by atoms with Crippen LogP contribution in [0.2, 0.25) is 0 Å². The number of likely N-dealkylation sites (N-methyl/N-ethyl adjacent to an activating group) is 1. The zero-order valence-corrected chi connectivity index (χ0v) is 12.5. The van der Waals surface area contributed by atoms with Crippen LogP contribution in [0.15, 0.2) is 24.3 Å². The maximum absolute atomic E-state index is 6.16. The number of anilines is 1. The molecule has 3 heteroatoms. The molecule has 2 atom stereocenters. The van der Waals surface area contributed by atoms with Gasteiger partial charge in [0.15, 0.2) is 0 Å². The van der Waals surface area contributed by atoms with Gasteiger partial charge >= 0.3 is 0 Å². The van der Waals surface area contributed by atoms with Crippen molar-refractivity contribution in [3.63, 3.8) is 0 Å². The monoisotopic (exact) mass is 274 g/mol. The average Bonchev–Trinajstić information content (AvgIpc) is 2.80. The molecular weight excluding hydrogens is 248 g/mol. The summed E-state index contributed by atoms with van der Waals surface area (Å²) < 4.78 is 6.16. The number of fused-ring (bicyclic) bond motifs is 1. The van der Waals surface area contributed by atoms with Crippen LogP contribution in [0.1, 0.15) is 31.2 Å². The highest BCUT2D eigenvalue weighted by Crippen LogP contribution is 2.28. The summed E-state index contributed by atoms with van der Waals surface area (Å²) >= 11 is 0. The molecule has 3 rings (SSSR count). The molecule has 0 saturated carbocycles. The van der Waals surface area contributed by atoms with Crippen molar-refractivity contribution < 1.29 is 4.74 Å². The van der Waals surface area contributed by atoms with E-state index in [1.807, 2.05) is 7.05 Å². The van der Waals surface area contributed by atoms with Crippen LogP contribution in [-0.2, 0) is 11.2 Å². The number of benzene rings is 1. The summed E-state index contributed by atoms with van der Waals surface area (Å²) in [7, 11) is 2.00.